The molecule has 0 fully saturated rings. The number of aryl methyl sites for hydroxylation is 1. The van der Waals surface area contributed by atoms with Gasteiger partial charge in [0, 0.05) is 17.6 Å². The van der Waals surface area contributed by atoms with Gasteiger partial charge in [0.05, 0.1) is 17.5 Å². The van der Waals surface area contributed by atoms with Crippen LogP contribution in [0.15, 0.2) is 42.5 Å². The third kappa shape index (κ3) is 3.57. The molecule has 0 saturated carbocycles. The number of hydrogen-bond donors (Lipinski definition) is 1. The van der Waals surface area contributed by atoms with Gasteiger partial charge in [-0.05, 0) is 36.2 Å². The molecule has 1 aromatic heterocycles. The van der Waals surface area contributed by atoms with Crippen LogP contribution in [0.4, 0.5) is 10.3 Å². The first kappa shape index (κ1) is 16.5. The fraction of sp³-hybridized carbons (Fsp3) is 0.222. The molecule has 0 atom stereocenters. The number of hydrogen-bond acceptors (Lipinski definition) is 2. The topological polar surface area (TPSA) is 46.9 Å². The van der Waals surface area contributed by atoms with Crippen LogP contribution < -0.4 is 5.32 Å². The third-order valence-corrected chi connectivity index (χ3v) is 3.94. The van der Waals surface area contributed by atoms with E-state index in [1.54, 1.807) is 18.2 Å². The van der Waals surface area contributed by atoms with Gasteiger partial charge >= 0.3 is 0 Å². The summed E-state index contributed by atoms with van der Waals surface area (Å²) < 4.78 is 15.3. The normalized spacial score (nSPS) is 11.0. The van der Waals surface area contributed by atoms with E-state index in [4.69, 9.17) is 11.6 Å². The Morgan fingerprint density at radius 3 is 2.71 bits per heavy atom. The van der Waals surface area contributed by atoms with Gasteiger partial charge in [0.1, 0.15) is 5.82 Å². The van der Waals surface area contributed by atoms with E-state index in [9.17, 15) is 9.18 Å². The largest absolute Gasteiger partial charge is 0.310 e. The molecule has 3 aromatic rings. The lowest BCUT2D eigenvalue weighted by molar-refractivity contribution is -0.115. The standard InChI is InChI=1S/C18H17ClFN3O/c1-2-9-23-16-8-7-14(20)11-15(16)21-18(23)22-17(24)10-12-3-5-13(19)6-4-12/h3-8,11H,2,9-10H2,1H3,(H,21,22,24). The molecule has 0 bridgehead atoms. The number of rotatable bonds is 5. The molecule has 0 aliphatic heterocycles. The Hall–Kier alpha value is -2.40. The highest BCUT2D eigenvalue weighted by atomic mass is 35.5. The van der Waals surface area contributed by atoms with Crippen LogP contribution in [0.3, 0.4) is 0 Å². The first-order valence-corrected chi connectivity index (χ1v) is 8.14. The van der Waals surface area contributed by atoms with Crippen molar-refractivity contribution in [1.29, 1.82) is 0 Å². The van der Waals surface area contributed by atoms with Crippen LogP contribution in [0.25, 0.3) is 11.0 Å². The highest BCUT2D eigenvalue weighted by molar-refractivity contribution is 6.30. The zero-order valence-electron chi connectivity index (χ0n) is 13.2. The summed E-state index contributed by atoms with van der Waals surface area (Å²) >= 11 is 5.85. The molecular weight excluding hydrogens is 329 g/mol. The van der Waals surface area contributed by atoms with Gasteiger partial charge in [-0.2, -0.15) is 0 Å². The van der Waals surface area contributed by atoms with Gasteiger partial charge in [0.2, 0.25) is 11.9 Å². The molecule has 0 radical (unpaired) electrons. The van der Waals surface area contributed by atoms with Crippen molar-refractivity contribution in [3.8, 4) is 0 Å². The van der Waals surface area contributed by atoms with Gasteiger partial charge in [-0.1, -0.05) is 30.7 Å². The summed E-state index contributed by atoms with van der Waals surface area (Å²) in [5.41, 5.74) is 2.20. The number of halogens is 2. The Morgan fingerprint density at radius 2 is 2.00 bits per heavy atom. The van der Waals surface area contributed by atoms with Crippen molar-refractivity contribution in [2.24, 2.45) is 0 Å². The van der Waals surface area contributed by atoms with Crippen molar-refractivity contribution in [2.45, 2.75) is 26.3 Å². The number of amides is 1. The number of imidazole rings is 1. The molecule has 1 N–H and O–H groups in total. The van der Waals surface area contributed by atoms with Gasteiger partial charge in [-0.15, -0.1) is 0 Å². The van der Waals surface area contributed by atoms with Crippen molar-refractivity contribution in [1.82, 2.24) is 9.55 Å². The highest BCUT2D eigenvalue weighted by Crippen LogP contribution is 2.21. The smallest absolute Gasteiger partial charge is 0.231 e. The molecular formula is C18H17ClFN3O. The average molecular weight is 346 g/mol. The van der Waals surface area contributed by atoms with Crippen molar-refractivity contribution in [2.75, 3.05) is 5.32 Å². The number of aromatic nitrogens is 2. The van der Waals surface area contributed by atoms with Crippen LogP contribution in [-0.4, -0.2) is 15.5 Å². The zero-order chi connectivity index (χ0) is 17.1. The van der Waals surface area contributed by atoms with Gasteiger partial charge in [-0.25, -0.2) is 9.37 Å². The quantitative estimate of drug-likeness (QED) is 0.744. The van der Waals surface area contributed by atoms with E-state index in [0.717, 1.165) is 17.5 Å². The van der Waals surface area contributed by atoms with Crippen LogP contribution in [0.5, 0.6) is 0 Å². The lowest BCUT2D eigenvalue weighted by Gasteiger charge is -2.09. The van der Waals surface area contributed by atoms with Gasteiger partial charge < -0.3 is 4.57 Å². The molecule has 0 aliphatic rings. The maximum absolute atomic E-state index is 13.4. The van der Waals surface area contributed by atoms with E-state index < -0.39 is 0 Å². The van der Waals surface area contributed by atoms with Crippen molar-refractivity contribution in [3.63, 3.8) is 0 Å². The Kier molecular flexibility index (Phi) is 4.81. The minimum absolute atomic E-state index is 0.176. The predicted molar refractivity (Wildman–Crippen MR) is 93.8 cm³/mol. The molecule has 0 saturated heterocycles. The predicted octanol–water partition coefficient (Wildman–Crippen LogP) is 4.42. The Morgan fingerprint density at radius 1 is 1.25 bits per heavy atom. The summed E-state index contributed by atoms with van der Waals surface area (Å²) in [6, 6.07) is 11.6. The molecule has 124 valence electrons. The molecule has 24 heavy (non-hydrogen) atoms. The van der Waals surface area contributed by atoms with Crippen molar-refractivity contribution < 1.29 is 9.18 Å². The molecule has 2 aromatic carbocycles. The molecule has 1 heterocycles. The number of nitrogens with one attached hydrogen (secondary N) is 1. The molecule has 0 unspecified atom stereocenters. The summed E-state index contributed by atoms with van der Waals surface area (Å²) in [5.74, 6) is -0.0791. The molecule has 1 amide bonds. The monoisotopic (exact) mass is 345 g/mol. The lowest BCUT2D eigenvalue weighted by Crippen LogP contribution is -2.18. The summed E-state index contributed by atoms with van der Waals surface area (Å²) in [5, 5.41) is 3.46. The Bertz CT molecular complexity index is 874. The van der Waals surface area contributed by atoms with E-state index >= 15 is 0 Å². The lowest BCUT2D eigenvalue weighted by atomic mass is 10.1. The van der Waals surface area contributed by atoms with Crippen LogP contribution in [0, 0.1) is 5.82 Å². The number of anilines is 1. The molecule has 3 rings (SSSR count). The third-order valence-electron chi connectivity index (χ3n) is 3.69. The first-order valence-electron chi connectivity index (χ1n) is 7.77. The Balaban J connectivity index is 1.84. The minimum atomic E-state index is -0.345. The van der Waals surface area contributed by atoms with Gasteiger partial charge in [0.15, 0.2) is 0 Å². The van der Waals surface area contributed by atoms with Gasteiger partial charge in [-0.3, -0.25) is 10.1 Å². The van der Waals surface area contributed by atoms with Crippen LogP contribution in [0.1, 0.15) is 18.9 Å². The molecule has 4 nitrogen and oxygen atoms in total. The fourth-order valence-corrected chi connectivity index (χ4v) is 2.73. The van der Waals surface area contributed by atoms with E-state index in [0.29, 0.717) is 23.0 Å². The zero-order valence-corrected chi connectivity index (χ0v) is 14.0. The maximum Gasteiger partial charge on any atom is 0.231 e. The minimum Gasteiger partial charge on any atom is -0.310 e. The Labute approximate surface area is 144 Å². The summed E-state index contributed by atoms with van der Waals surface area (Å²) in [7, 11) is 0. The molecule has 0 spiro atoms. The average Bonchev–Trinajstić information content (AvgIpc) is 2.86. The fourth-order valence-electron chi connectivity index (χ4n) is 2.60. The summed E-state index contributed by atoms with van der Waals surface area (Å²) in [6.45, 7) is 2.73. The number of nitrogens with zero attached hydrogens (tertiary/aromatic N) is 2. The van der Waals surface area contributed by atoms with Crippen LogP contribution in [0.2, 0.25) is 5.02 Å². The number of benzene rings is 2. The van der Waals surface area contributed by atoms with Gasteiger partial charge in [0.25, 0.3) is 0 Å². The van der Waals surface area contributed by atoms with E-state index in [1.165, 1.54) is 12.1 Å². The second kappa shape index (κ2) is 7.01. The number of carbonyl (C=O) groups is 1. The highest BCUT2D eigenvalue weighted by Gasteiger charge is 2.13. The summed E-state index contributed by atoms with van der Waals surface area (Å²) in [4.78, 5) is 16.7. The summed E-state index contributed by atoms with van der Waals surface area (Å²) in [6.07, 6.45) is 1.10. The van der Waals surface area contributed by atoms with Crippen LogP contribution >= 0.6 is 11.6 Å². The molecule has 6 heteroatoms. The van der Waals surface area contributed by atoms with Crippen molar-refractivity contribution in [3.05, 3.63) is 58.9 Å². The SMILES string of the molecule is CCCn1c(NC(=O)Cc2ccc(Cl)cc2)nc2cc(F)ccc21. The number of carbonyl (C=O) groups excluding carboxylic acids is 1. The van der Waals surface area contributed by atoms with E-state index in [1.807, 2.05) is 23.6 Å². The van der Waals surface area contributed by atoms with Crippen LogP contribution in [-0.2, 0) is 17.8 Å². The first-order chi connectivity index (χ1) is 11.6. The number of fused-ring (bicyclic) bond motifs is 1. The second-order valence-corrected chi connectivity index (χ2v) is 6.01. The maximum atomic E-state index is 13.4. The van der Waals surface area contributed by atoms with E-state index in [2.05, 4.69) is 10.3 Å². The molecule has 0 aliphatic carbocycles. The second-order valence-electron chi connectivity index (χ2n) is 5.57. The van der Waals surface area contributed by atoms with Crippen molar-refractivity contribution >= 4 is 34.5 Å². The van der Waals surface area contributed by atoms with E-state index in [-0.39, 0.29) is 18.1 Å².